The Balaban J connectivity index is 2.21. The molecular formula is C18H20N2O5. The van der Waals surface area contributed by atoms with Gasteiger partial charge in [-0.15, -0.1) is 0 Å². The zero-order valence-corrected chi connectivity index (χ0v) is 14.1. The van der Waals surface area contributed by atoms with Crippen LogP contribution in [0.5, 0.6) is 11.5 Å². The smallest absolute Gasteiger partial charge is 0.439 e. The summed E-state index contributed by atoms with van der Waals surface area (Å²) in [7, 11) is 1.51. The van der Waals surface area contributed by atoms with Crippen molar-refractivity contribution in [2.75, 3.05) is 18.7 Å². The van der Waals surface area contributed by atoms with Crippen molar-refractivity contribution in [2.45, 2.75) is 13.3 Å². The lowest BCUT2D eigenvalue weighted by Crippen LogP contribution is -2.48. The first-order valence-corrected chi connectivity index (χ1v) is 7.78. The predicted molar refractivity (Wildman–Crippen MR) is 92.7 cm³/mol. The zero-order valence-electron chi connectivity index (χ0n) is 14.1. The van der Waals surface area contributed by atoms with Gasteiger partial charge in [0, 0.05) is 6.07 Å². The third-order valence-electron chi connectivity index (χ3n) is 3.08. The van der Waals surface area contributed by atoms with Crippen LogP contribution in [-0.4, -0.2) is 25.9 Å². The first-order valence-electron chi connectivity index (χ1n) is 7.78. The number of nitrogens with one attached hydrogen (secondary N) is 1. The molecule has 0 saturated carbocycles. The number of nitrogens with zero attached hydrogens (tertiary/aromatic N) is 1. The van der Waals surface area contributed by atoms with Crippen LogP contribution < -0.4 is 19.9 Å². The SMILES string of the molecule is CCCOC(=O)NN(C(=O)Oc1ccccc1)c1cccc(OC)c1. The van der Waals surface area contributed by atoms with Gasteiger partial charge in [0.15, 0.2) is 0 Å². The van der Waals surface area contributed by atoms with Crippen LogP contribution in [-0.2, 0) is 4.74 Å². The fourth-order valence-electron chi connectivity index (χ4n) is 1.92. The van der Waals surface area contributed by atoms with E-state index in [0.29, 0.717) is 23.6 Å². The molecule has 2 rings (SSSR count). The molecule has 0 aliphatic rings. The van der Waals surface area contributed by atoms with Gasteiger partial charge < -0.3 is 14.2 Å². The summed E-state index contributed by atoms with van der Waals surface area (Å²) >= 11 is 0. The Morgan fingerprint density at radius 1 is 1.04 bits per heavy atom. The average molecular weight is 344 g/mol. The van der Waals surface area contributed by atoms with Gasteiger partial charge in [0.1, 0.15) is 11.5 Å². The van der Waals surface area contributed by atoms with Crippen LogP contribution in [0.15, 0.2) is 54.6 Å². The number of para-hydroxylation sites is 1. The molecule has 0 saturated heterocycles. The highest BCUT2D eigenvalue weighted by molar-refractivity contribution is 5.91. The number of methoxy groups -OCH3 is 1. The molecule has 7 nitrogen and oxygen atoms in total. The number of ether oxygens (including phenoxy) is 3. The predicted octanol–water partition coefficient (Wildman–Crippen LogP) is 3.75. The molecular weight excluding hydrogens is 324 g/mol. The Morgan fingerprint density at radius 3 is 2.44 bits per heavy atom. The maximum Gasteiger partial charge on any atom is 0.439 e. The molecule has 0 radical (unpaired) electrons. The third-order valence-corrected chi connectivity index (χ3v) is 3.08. The zero-order chi connectivity index (χ0) is 18.1. The molecule has 0 atom stereocenters. The van der Waals surface area contributed by atoms with E-state index in [0.717, 1.165) is 5.01 Å². The van der Waals surface area contributed by atoms with Gasteiger partial charge in [-0.3, -0.25) is 0 Å². The van der Waals surface area contributed by atoms with Crippen LogP contribution in [0.4, 0.5) is 15.3 Å². The highest BCUT2D eigenvalue weighted by atomic mass is 16.6. The summed E-state index contributed by atoms with van der Waals surface area (Å²) in [5.74, 6) is 0.878. The van der Waals surface area contributed by atoms with E-state index >= 15 is 0 Å². The van der Waals surface area contributed by atoms with Crippen LogP contribution in [0.3, 0.4) is 0 Å². The van der Waals surface area contributed by atoms with Crippen LogP contribution in [0.1, 0.15) is 13.3 Å². The van der Waals surface area contributed by atoms with Gasteiger partial charge in [0.2, 0.25) is 0 Å². The van der Waals surface area contributed by atoms with E-state index in [1.807, 2.05) is 6.92 Å². The van der Waals surface area contributed by atoms with E-state index in [1.165, 1.54) is 7.11 Å². The molecule has 0 aromatic heterocycles. The Hall–Kier alpha value is -3.22. The molecule has 0 spiro atoms. The summed E-state index contributed by atoms with van der Waals surface area (Å²) in [5, 5.41) is 0.966. The third kappa shape index (κ3) is 5.42. The van der Waals surface area contributed by atoms with Crippen LogP contribution >= 0.6 is 0 Å². The van der Waals surface area contributed by atoms with Crippen LogP contribution in [0, 0.1) is 0 Å². The van der Waals surface area contributed by atoms with Crippen molar-refractivity contribution in [2.24, 2.45) is 0 Å². The van der Waals surface area contributed by atoms with Gasteiger partial charge in [-0.2, -0.15) is 5.01 Å². The first-order chi connectivity index (χ1) is 12.1. The number of benzene rings is 2. The van der Waals surface area contributed by atoms with Crippen molar-refractivity contribution < 1.29 is 23.8 Å². The topological polar surface area (TPSA) is 77.1 Å². The standard InChI is InChI=1S/C18H20N2O5/c1-3-12-24-17(21)19-20(14-8-7-11-16(13-14)23-2)18(22)25-15-9-5-4-6-10-15/h4-11,13H,3,12H2,1-2H3,(H,19,21). The van der Waals surface area contributed by atoms with Gasteiger partial charge in [-0.25, -0.2) is 15.0 Å². The number of anilines is 1. The lowest BCUT2D eigenvalue weighted by atomic mass is 10.3. The molecule has 2 amide bonds. The number of hydrogen-bond donors (Lipinski definition) is 1. The van der Waals surface area contributed by atoms with Crippen LogP contribution in [0.2, 0.25) is 0 Å². The van der Waals surface area contributed by atoms with Gasteiger partial charge in [0.25, 0.3) is 0 Å². The van der Waals surface area contributed by atoms with Crippen molar-refractivity contribution in [1.29, 1.82) is 0 Å². The molecule has 0 unspecified atom stereocenters. The molecule has 0 fully saturated rings. The molecule has 0 bridgehead atoms. The number of carbonyl (C=O) groups excluding carboxylic acids is 2. The molecule has 0 aliphatic heterocycles. The second kappa shape index (κ2) is 9.17. The van der Waals surface area contributed by atoms with Crippen molar-refractivity contribution in [3.63, 3.8) is 0 Å². The van der Waals surface area contributed by atoms with E-state index in [9.17, 15) is 9.59 Å². The summed E-state index contributed by atoms with van der Waals surface area (Å²) in [6, 6.07) is 15.2. The van der Waals surface area contributed by atoms with E-state index in [1.54, 1.807) is 54.6 Å². The van der Waals surface area contributed by atoms with Gasteiger partial charge in [-0.1, -0.05) is 31.2 Å². The van der Waals surface area contributed by atoms with E-state index in [4.69, 9.17) is 14.2 Å². The summed E-state index contributed by atoms with van der Waals surface area (Å²) in [6.45, 7) is 2.11. The molecule has 0 aliphatic carbocycles. The number of amides is 2. The second-order valence-electron chi connectivity index (χ2n) is 4.97. The number of hydrogen-bond acceptors (Lipinski definition) is 5. The average Bonchev–Trinajstić information content (AvgIpc) is 2.65. The maximum absolute atomic E-state index is 12.5. The fraction of sp³-hybridized carbons (Fsp3) is 0.222. The summed E-state index contributed by atoms with van der Waals surface area (Å²) < 4.78 is 15.4. The van der Waals surface area contributed by atoms with Gasteiger partial charge in [0.05, 0.1) is 19.4 Å². The monoisotopic (exact) mass is 344 g/mol. The van der Waals surface area contributed by atoms with Crippen molar-refractivity contribution in [3.05, 3.63) is 54.6 Å². The maximum atomic E-state index is 12.5. The molecule has 2 aromatic rings. The first kappa shape index (κ1) is 18.1. The summed E-state index contributed by atoms with van der Waals surface area (Å²) in [5.41, 5.74) is 2.75. The van der Waals surface area contributed by atoms with E-state index in [2.05, 4.69) is 5.43 Å². The largest absolute Gasteiger partial charge is 0.497 e. The minimum absolute atomic E-state index is 0.242. The second-order valence-corrected chi connectivity index (χ2v) is 4.97. The Labute approximate surface area is 146 Å². The molecule has 25 heavy (non-hydrogen) atoms. The normalized spacial score (nSPS) is 9.84. The Bertz CT molecular complexity index is 706. The van der Waals surface area contributed by atoms with Crippen LogP contribution in [0.25, 0.3) is 0 Å². The highest BCUT2D eigenvalue weighted by Gasteiger charge is 2.22. The Kier molecular flexibility index (Phi) is 6.65. The van der Waals surface area contributed by atoms with Gasteiger partial charge >= 0.3 is 12.2 Å². The molecule has 0 heterocycles. The molecule has 2 aromatic carbocycles. The minimum Gasteiger partial charge on any atom is -0.497 e. The summed E-state index contributed by atoms with van der Waals surface area (Å²) in [6.07, 6.45) is -0.872. The minimum atomic E-state index is -0.784. The lowest BCUT2D eigenvalue weighted by Gasteiger charge is -2.22. The number of carbonyl (C=O) groups is 2. The fourth-order valence-corrected chi connectivity index (χ4v) is 1.92. The van der Waals surface area contributed by atoms with Crippen molar-refractivity contribution >= 4 is 17.9 Å². The molecule has 1 N–H and O–H groups in total. The molecule has 132 valence electrons. The van der Waals surface area contributed by atoms with Gasteiger partial charge in [-0.05, 0) is 30.7 Å². The van der Waals surface area contributed by atoms with E-state index in [-0.39, 0.29) is 6.61 Å². The number of hydrazine groups is 1. The highest BCUT2D eigenvalue weighted by Crippen LogP contribution is 2.21. The van der Waals surface area contributed by atoms with Crippen molar-refractivity contribution in [3.8, 4) is 11.5 Å². The quantitative estimate of drug-likeness (QED) is 0.836. The number of rotatable bonds is 5. The summed E-state index contributed by atoms with van der Waals surface area (Å²) in [4.78, 5) is 24.4. The lowest BCUT2D eigenvalue weighted by molar-refractivity contribution is 0.143. The van der Waals surface area contributed by atoms with Crippen molar-refractivity contribution in [1.82, 2.24) is 5.43 Å². The Morgan fingerprint density at radius 2 is 1.76 bits per heavy atom. The molecule has 7 heteroatoms. The van der Waals surface area contributed by atoms with E-state index < -0.39 is 12.2 Å².